The van der Waals surface area contributed by atoms with E-state index in [-0.39, 0.29) is 5.54 Å². The van der Waals surface area contributed by atoms with Crippen molar-refractivity contribution in [3.05, 3.63) is 0 Å². The van der Waals surface area contributed by atoms with Crippen LogP contribution in [0.1, 0.15) is 59.3 Å². The van der Waals surface area contributed by atoms with Crippen molar-refractivity contribution in [2.75, 3.05) is 12.3 Å². The maximum atomic E-state index is 4.81. The Morgan fingerprint density at radius 1 is 1.22 bits per heavy atom. The van der Waals surface area contributed by atoms with Crippen LogP contribution in [0.25, 0.3) is 0 Å². The van der Waals surface area contributed by atoms with Gasteiger partial charge in [-0.05, 0) is 38.0 Å². The summed E-state index contributed by atoms with van der Waals surface area (Å²) in [6, 6.07) is 0. The Morgan fingerprint density at radius 3 is 2.44 bits per heavy atom. The first-order valence-corrected chi connectivity index (χ1v) is 8.59. The summed E-state index contributed by atoms with van der Waals surface area (Å²) in [6.07, 6.45) is 8.20. The Hall–Kier alpha value is -0.180. The molecule has 0 bridgehead atoms. The lowest BCUT2D eigenvalue weighted by molar-refractivity contribution is 0.274. The Balaban J connectivity index is 1.75. The summed E-state index contributed by atoms with van der Waals surface area (Å²) >= 11 is 1.91. The highest BCUT2D eigenvalue weighted by molar-refractivity contribution is 8.14. The average molecular weight is 268 g/mol. The fraction of sp³-hybridized carbons (Fsp3) is 0.933. The van der Waals surface area contributed by atoms with Crippen LogP contribution in [0.15, 0.2) is 4.99 Å². The first-order chi connectivity index (χ1) is 8.65. The smallest absolute Gasteiger partial charge is 0.157 e. The van der Waals surface area contributed by atoms with Crippen molar-refractivity contribution in [1.29, 1.82) is 0 Å². The molecule has 1 atom stereocenters. The quantitative estimate of drug-likeness (QED) is 0.831. The van der Waals surface area contributed by atoms with Crippen LogP contribution in [-0.2, 0) is 0 Å². The molecule has 104 valence electrons. The molecule has 1 aliphatic heterocycles. The number of rotatable bonds is 4. The zero-order valence-electron chi connectivity index (χ0n) is 12.2. The second-order valence-corrected chi connectivity index (χ2v) is 7.23. The normalized spacial score (nSPS) is 38.9. The second-order valence-electron chi connectivity index (χ2n) is 6.27. The summed E-state index contributed by atoms with van der Waals surface area (Å²) in [5.74, 6) is 3.01. The summed E-state index contributed by atoms with van der Waals surface area (Å²) < 4.78 is 0. The largest absolute Gasteiger partial charge is 0.359 e. The van der Waals surface area contributed by atoms with E-state index in [4.69, 9.17) is 4.99 Å². The van der Waals surface area contributed by atoms with Crippen molar-refractivity contribution in [2.24, 2.45) is 16.8 Å². The Bertz CT molecular complexity index is 295. The van der Waals surface area contributed by atoms with Gasteiger partial charge in [0, 0.05) is 17.8 Å². The SMILES string of the molecule is CCC1CCC(CN=C2NC(C)(CC)CS2)CC1. The molecule has 2 fully saturated rings. The molecular formula is C15H28N2S. The summed E-state index contributed by atoms with van der Waals surface area (Å²) in [6.45, 7) is 7.93. The van der Waals surface area contributed by atoms with Crippen LogP contribution in [0, 0.1) is 11.8 Å². The predicted molar refractivity (Wildman–Crippen MR) is 82.3 cm³/mol. The number of aliphatic imine (C=N–C) groups is 1. The fourth-order valence-corrected chi connectivity index (χ4v) is 4.08. The lowest BCUT2D eigenvalue weighted by atomic mass is 9.81. The molecule has 2 nitrogen and oxygen atoms in total. The van der Waals surface area contributed by atoms with Crippen LogP contribution in [0.2, 0.25) is 0 Å². The molecule has 2 aliphatic rings. The minimum absolute atomic E-state index is 0.281. The third-order valence-electron chi connectivity index (χ3n) is 4.75. The van der Waals surface area contributed by atoms with Gasteiger partial charge in [-0.25, -0.2) is 0 Å². The van der Waals surface area contributed by atoms with Crippen LogP contribution in [0.5, 0.6) is 0 Å². The molecule has 3 heteroatoms. The lowest BCUT2D eigenvalue weighted by Gasteiger charge is -2.26. The van der Waals surface area contributed by atoms with Gasteiger partial charge in [-0.15, -0.1) is 0 Å². The number of amidine groups is 1. The molecule has 1 saturated heterocycles. The predicted octanol–water partition coefficient (Wildman–Crippen LogP) is 4.06. The van der Waals surface area contributed by atoms with Crippen molar-refractivity contribution in [3.8, 4) is 0 Å². The molecular weight excluding hydrogens is 240 g/mol. The van der Waals surface area contributed by atoms with E-state index in [2.05, 4.69) is 26.1 Å². The van der Waals surface area contributed by atoms with E-state index in [1.54, 1.807) is 0 Å². The third kappa shape index (κ3) is 3.66. The molecule has 0 aromatic carbocycles. The van der Waals surface area contributed by atoms with E-state index in [0.29, 0.717) is 0 Å². The molecule has 2 rings (SSSR count). The van der Waals surface area contributed by atoms with E-state index in [0.717, 1.165) is 18.4 Å². The topological polar surface area (TPSA) is 24.4 Å². The first kappa shape index (κ1) is 14.2. The van der Waals surface area contributed by atoms with Crippen LogP contribution in [0.3, 0.4) is 0 Å². The van der Waals surface area contributed by atoms with E-state index >= 15 is 0 Å². The Kier molecular flexibility index (Phi) is 4.99. The van der Waals surface area contributed by atoms with Gasteiger partial charge in [0.1, 0.15) is 0 Å². The van der Waals surface area contributed by atoms with Crippen molar-refractivity contribution in [3.63, 3.8) is 0 Å². The van der Waals surface area contributed by atoms with E-state index in [1.807, 2.05) is 11.8 Å². The summed E-state index contributed by atoms with van der Waals surface area (Å²) in [5.41, 5.74) is 0.281. The molecule has 1 heterocycles. The number of hydrogen-bond acceptors (Lipinski definition) is 2. The van der Waals surface area contributed by atoms with Gasteiger partial charge in [0.2, 0.25) is 0 Å². The summed E-state index contributed by atoms with van der Waals surface area (Å²) in [5, 5.41) is 4.78. The van der Waals surface area contributed by atoms with Crippen LogP contribution in [-0.4, -0.2) is 23.0 Å². The van der Waals surface area contributed by atoms with Crippen LogP contribution >= 0.6 is 11.8 Å². The van der Waals surface area contributed by atoms with E-state index in [1.165, 1.54) is 49.4 Å². The first-order valence-electron chi connectivity index (χ1n) is 7.60. The number of hydrogen-bond donors (Lipinski definition) is 1. The molecule has 0 aromatic heterocycles. The van der Waals surface area contributed by atoms with Gasteiger partial charge >= 0.3 is 0 Å². The lowest BCUT2D eigenvalue weighted by Crippen LogP contribution is -2.39. The number of nitrogens with zero attached hydrogens (tertiary/aromatic N) is 1. The van der Waals surface area contributed by atoms with Gasteiger partial charge in [-0.2, -0.15) is 0 Å². The van der Waals surface area contributed by atoms with Gasteiger partial charge in [0.15, 0.2) is 5.17 Å². The minimum atomic E-state index is 0.281. The third-order valence-corrected chi connectivity index (χ3v) is 6.04. The summed E-state index contributed by atoms with van der Waals surface area (Å²) in [7, 11) is 0. The molecule has 0 radical (unpaired) electrons. The molecule has 1 N–H and O–H groups in total. The van der Waals surface area contributed by atoms with Crippen molar-refractivity contribution >= 4 is 16.9 Å². The molecule has 1 aliphatic carbocycles. The van der Waals surface area contributed by atoms with E-state index < -0.39 is 0 Å². The second kappa shape index (κ2) is 6.31. The molecule has 1 saturated carbocycles. The zero-order valence-corrected chi connectivity index (χ0v) is 13.0. The monoisotopic (exact) mass is 268 g/mol. The van der Waals surface area contributed by atoms with Gasteiger partial charge in [-0.3, -0.25) is 4.99 Å². The molecule has 0 amide bonds. The maximum absolute atomic E-state index is 4.81. The minimum Gasteiger partial charge on any atom is -0.359 e. The maximum Gasteiger partial charge on any atom is 0.157 e. The Morgan fingerprint density at radius 2 is 1.89 bits per heavy atom. The average Bonchev–Trinajstić information content (AvgIpc) is 2.80. The van der Waals surface area contributed by atoms with Crippen molar-refractivity contribution < 1.29 is 0 Å². The van der Waals surface area contributed by atoms with Crippen LogP contribution in [0.4, 0.5) is 0 Å². The number of nitrogens with one attached hydrogen (secondary N) is 1. The highest BCUT2D eigenvalue weighted by Gasteiger charge is 2.30. The molecule has 18 heavy (non-hydrogen) atoms. The van der Waals surface area contributed by atoms with Gasteiger partial charge in [-0.1, -0.05) is 44.9 Å². The standard InChI is InChI=1S/C15H28N2S/c1-4-12-6-8-13(9-7-12)10-16-14-17-15(3,5-2)11-18-14/h12-13H,4-11H2,1-3H3,(H,16,17). The van der Waals surface area contributed by atoms with Crippen molar-refractivity contribution in [2.45, 2.75) is 64.8 Å². The highest BCUT2D eigenvalue weighted by atomic mass is 32.2. The van der Waals surface area contributed by atoms with E-state index in [9.17, 15) is 0 Å². The molecule has 0 aromatic rings. The van der Waals surface area contributed by atoms with Gasteiger partial charge < -0.3 is 5.32 Å². The molecule has 0 spiro atoms. The number of thioether (sulfide) groups is 1. The Labute approximate surface area is 116 Å². The van der Waals surface area contributed by atoms with Crippen molar-refractivity contribution in [1.82, 2.24) is 5.32 Å². The van der Waals surface area contributed by atoms with Gasteiger partial charge in [0.25, 0.3) is 0 Å². The van der Waals surface area contributed by atoms with Gasteiger partial charge in [0.05, 0.1) is 0 Å². The fourth-order valence-electron chi connectivity index (χ4n) is 2.87. The van der Waals surface area contributed by atoms with Crippen LogP contribution < -0.4 is 5.32 Å². The summed E-state index contributed by atoms with van der Waals surface area (Å²) in [4.78, 5) is 4.81. The molecule has 1 unspecified atom stereocenters. The highest BCUT2D eigenvalue weighted by Crippen LogP contribution is 2.31. The zero-order chi connectivity index (χ0) is 13.0.